The summed E-state index contributed by atoms with van der Waals surface area (Å²) in [6.45, 7) is 4.31. The van der Waals surface area contributed by atoms with Gasteiger partial charge < -0.3 is 10.6 Å². The Morgan fingerprint density at radius 3 is 2.47 bits per heavy atom. The number of rotatable bonds is 7. The Labute approximate surface area is 95.6 Å². The van der Waals surface area contributed by atoms with Crippen LogP contribution in [0, 0.1) is 5.92 Å². The fraction of sp³-hybridized carbons (Fsp3) is 0.800. The molecule has 88 valence electrons. The van der Waals surface area contributed by atoms with E-state index in [2.05, 4.69) is 13.8 Å². The van der Waals surface area contributed by atoms with E-state index in [1.165, 1.54) is 4.90 Å². The molecule has 0 rings (SSSR count). The highest BCUT2D eigenvalue weighted by atomic mass is 32.2. The van der Waals surface area contributed by atoms with Gasteiger partial charge in [0.05, 0.1) is 12.3 Å². The Morgan fingerprint density at radius 1 is 1.40 bits per heavy atom. The van der Waals surface area contributed by atoms with E-state index < -0.39 is 5.91 Å². The SMILES string of the molecule is CC(C)CCSCC(=O)N(C)CC(N)=O. The van der Waals surface area contributed by atoms with E-state index in [1.54, 1.807) is 18.8 Å². The maximum absolute atomic E-state index is 11.4. The highest BCUT2D eigenvalue weighted by Gasteiger charge is 2.10. The van der Waals surface area contributed by atoms with Crippen LogP contribution in [0.2, 0.25) is 0 Å². The van der Waals surface area contributed by atoms with Crippen molar-refractivity contribution in [1.29, 1.82) is 0 Å². The van der Waals surface area contributed by atoms with E-state index in [0.29, 0.717) is 11.7 Å². The third-order valence-corrected chi connectivity index (χ3v) is 2.86. The summed E-state index contributed by atoms with van der Waals surface area (Å²) in [6, 6.07) is 0. The van der Waals surface area contributed by atoms with Crippen LogP contribution in [0.4, 0.5) is 0 Å². The van der Waals surface area contributed by atoms with Crippen LogP contribution < -0.4 is 5.73 Å². The predicted octanol–water partition coefficient (Wildman–Crippen LogP) is 0.709. The molecule has 0 aliphatic rings. The first-order valence-electron chi connectivity index (χ1n) is 5.03. The van der Waals surface area contributed by atoms with E-state index >= 15 is 0 Å². The molecule has 2 N–H and O–H groups in total. The zero-order chi connectivity index (χ0) is 11.8. The van der Waals surface area contributed by atoms with Gasteiger partial charge in [-0.2, -0.15) is 11.8 Å². The molecule has 0 heterocycles. The first-order valence-corrected chi connectivity index (χ1v) is 6.19. The lowest BCUT2D eigenvalue weighted by Gasteiger charge is -2.14. The van der Waals surface area contributed by atoms with Gasteiger partial charge >= 0.3 is 0 Å². The van der Waals surface area contributed by atoms with Crippen LogP contribution in [0.5, 0.6) is 0 Å². The summed E-state index contributed by atoms with van der Waals surface area (Å²) in [5, 5.41) is 0. The van der Waals surface area contributed by atoms with Crippen molar-refractivity contribution in [2.24, 2.45) is 11.7 Å². The monoisotopic (exact) mass is 232 g/mol. The first-order chi connectivity index (χ1) is 6.93. The molecule has 15 heavy (non-hydrogen) atoms. The second kappa shape index (κ2) is 7.56. The number of nitrogens with two attached hydrogens (primary N) is 1. The number of amides is 2. The molecule has 0 radical (unpaired) electrons. The summed E-state index contributed by atoms with van der Waals surface area (Å²) < 4.78 is 0. The molecule has 0 saturated carbocycles. The molecule has 0 aromatic rings. The van der Waals surface area contributed by atoms with Gasteiger partial charge in [-0.15, -0.1) is 0 Å². The minimum Gasteiger partial charge on any atom is -0.368 e. The Morgan fingerprint density at radius 2 is 2.00 bits per heavy atom. The molecule has 4 nitrogen and oxygen atoms in total. The lowest BCUT2D eigenvalue weighted by Crippen LogP contribution is -2.36. The molecule has 0 unspecified atom stereocenters. The average Bonchev–Trinajstić information content (AvgIpc) is 2.10. The van der Waals surface area contributed by atoms with E-state index in [4.69, 9.17) is 5.73 Å². The van der Waals surface area contributed by atoms with E-state index in [-0.39, 0.29) is 12.5 Å². The molecule has 0 aliphatic carbocycles. The summed E-state index contributed by atoms with van der Waals surface area (Å²) in [6.07, 6.45) is 1.11. The van der Waals surface area contributed by atoms with Gasteiger partial charge in [-0.3, -0.25) is 9.59 Å². The lowest BCUT2D eigenvalue weighted by molar-refractivity contribution is -0.131. The van der Waals surface area contributed by atoms with Crippen LogP contribution >= 0.6 is 11.8 Å². The summed E-state index contributed by atoms with van der Waals surface area (Å²) >= 11 is 1.60. The van der Waals surface area contributed by atoms with Crippen molar-refractivity contribution < 1.29 is 9.59 Å². The Hall–Kier alpha value is -0.710. The minimum absolute atomic E-state index is 0.00355. The van der Waals surface area contributed by atoms with Crippen LogP contribution in [-0.2, 0) is 9.59 Å². The minimum atomic E-state index is -0.474. The van der Waals surface area contributed by atoms with Crippen LogP contribution in [-0.4, -0.2) is 41.8 Å². The Kier molecular flexibility index (Phi) is 7.21. The third kappa shape index (κ3) is 8.30. The van der Waals surface area contributed by atoms with Crippen LogP contribution in [0.1, 0.15) is 20.3 Å². The molecular formula is C10H20N2O2S. The van der Waals surface area contributed by atoms with Gasteiger partial charge in [0.25, 0.3) is 0 Å². The van der Waals surface area contributed by atoms with E-state index in [9.17, 15) is 9.59 Å². The number of carbonyl (C=O) groups is 2. The van der Waals surface area contributed by atoms with Crippen LogP contribution in [0.15, 0.2) is 0 Å². The predicted molar refractivity (Wildman–Crippen MR) is 63.6 cm³/mol. The van der Waals surface area contributed by atoms with Crippen molar-refractivity contribution in [3.8, 4) is 0 Å². The number of thioether (sulfide) groups is 1. The van der Waals surface area contributed by atoms with Crippen LogP contribution in [0.3, 0.4) is 0 Å². The second-order valence-corrected chi connectivity index (χ2v) is 5.06. The van der Waals surface area contributed by atoms with Crippen molar-refractivity contribution in [2.45, 2.75) is 20.3 Å². The molecule has 5 heteroatoms. The van der Waals surface area contributed by atoms with E-state index in [0.717, 1.165) is 12.2 Å². The quantitative estimate of drug-likeness (QED) is 0.657. The molecule has 0 saturated heterocycles. The fourth-order valence-corrected chi connectivity index (χ4v) is 2.09. The van der Waals surface area contributed by atoms with Gasteiger partial charge in [-0.05, 0) is 18.1 Å². The molecular weight excluding hydrogens is 212 g/mol. The average molecular weight is 232 g/mol. The number of primary amides is 1. The maximum Gasteiger partial charge on any atom is 0.237 e. The highest BCUT2D eigenvalue weighted by molar-refractivity contribution is 7.99. The Bertz CT molecular complexity index is 219. The third-order valence-electron chi connectivity index (χ3n) is 1.88. The summed E-state index contributed by atoms with van der Waals surface area (Å²) in [7, 11) is 1.59. The van der Waals surface area contributed by atoms with Gasteiger partial charge in [0, 0.05) is 7.05 Å². The number of likely N-dealkylation sites (N-methyl/N-ethyl adjacent to an activating group) is 1. The summed E-state index contributed by atoms with van der Waals surface area (Å²) in [5.41, 5.74) is 4.99. The maximum atomic E-state index is 11.4. The molecule has 0 aromatic heterocycles. The molecule has 0 fully saturated rings. The number of hydrogen-bond acceptors (Lipinski definition) is 3. The normalized spacial score (nSPS) is 10.4. The van der Waals surface area contributed by atoms with Crippen molar-refractivity contribution in [3.63, 3.8) is 0 Å². The number of hydrogen-bond donors (Lipinski definition) is 1. The standard InChI is InChI=1S/C10H20N2O2S/c1-8(2)4-5-15-7-10(14)12(3)6-9(11)13/h8H,4-7H2,1-3H3,(H2,11,13). The van der Waals surface area contributed by atoms with E-state index in [1.807, 2.05) is 0 Å². The largest absolute Gasteiger partial charge is 0.368 e. The fourth-order valence-electron chi connectivity index (χ4n) is 0.911. The number of carbonyl (C=O) groups excluding carboxylic acids is 2. The van der Waals surface area contributed by atoms with Gasteiger partial charge in [0.2, 0.25) is 11.8 Å². The molecule has 0 aromatic carbocycles. The summed E-state index contributed by atoms with van der Waals surface area (Å²) in [5.74, 6) is 1.56. The molecule has 2 amide bonds. The smallest absolute Gasteiger partial charge is 0.237 e. The van der Waals surface area contributed by atoms with Gasteiger partial charge in [0.1, 0.15) is 0 Å². The van der Waals surface area contributed by atoms with Gasteiger partial charge in [0.15, 0.2) is 0 Å². The zero-order valence-corrected chi connectivity index (χ0v) is 10.5. The molecule has 0 aliphatic heterocycles. The van der Waals surface area contributed by atoms with Crippen molar-refractivity contribution in [2.75, 3.05) is 25.1 Å². The molecule has 0 bridgehead atoms. The summed E-state index contributed by atoms with van der Waals surface area (Å²) in [4.78, 5) is 23.3. The van der Waals surface area contributed by atoms with Crippen molar-refractivity contribution in [3.05, 3.63) is 0 Å². The zero-order valence-electron chi connectivity index (χ0n) is 9.66. The Balaban J connectivity index is 3.60. The first kappa shape index (κ1) is 14.3. The molecule has 0 atom stereocenters. The topological polar surface area (TPSA) is 63.4 Å². The van der Waals surface area contributed by atoms with Crippen molar-refractivity contribution in [1.82, 2.24) is 4.90 Å². The van der Waals surface area contributed by atoms with Crippen molar-refractivity contribution >= 4 is 23.6 Å². The van der Waals surface area contributed by atoms with Gasteiger partial charge in [-0.1, -0.05) is 13.8 Å². The second-order valence-electron chi connectivity index (χ2n) is 3.95. The highest BCUT2D eigenvalue weighted by Crippen LogP contribution is 2.09. The molecule has 0 spiro atoms. The van der Waals surface area contributed by atoms with Crippen LogP contribution in [0.25, 0.3) is 0 Å². The number of nitrogens with zero attached hydrogens (tertiary/aromatic N) is 1. The van der Waals surface area contributed by atoms with Gasteiger partial charge in [-0.25, -0.2) is 0 Å². The lowest BCUT2D eigenvalue weighted by atomic mass is 10.2.